The molecular weight excluding hydrogens is 296 g/mol. The van der Waals surface area contributed by atoms with E-state index in [1.165, 1.54) is 0 Å². The smallest absolute Gasteiger partial charge is 0.323 e. The number of cyclic esters (lactones) is 1. The molecule has 0 radical (unpaired) electrons. The Morgan fingerprint density at radius 3 is 2.58 bits per heavy atom. The summed E-state index contributed by atoms with van der Waals surface area (Å²) < 4.78 is 4.72. The van der Waals surface area contributed by atoms with E-state index in [1.54, 1.807) is 0 Å². The van der Waals surface area contributed by atoms with Crippen LogP contribution in [-0.2, 0) is 9.53 Å². The second kappa shape index (κ2) is 4.04. The Kier molecular flexibility index (Phi) is 3.51. The Labute approximate surface area is 86.2 Å². The van der Waals surface area contributed by atoms with E-state index < -0.39 is 29.1 Å². The molecule has 0 amide bonds. The highest BCUT2D eigenvalue weighted by molar-refractivity contribution is 9.10. The van der Waals surface area contributed by atoms with Crippen molar-refractivity contribution in [2.45, 2.75) is 23.1 Å². The van der Waals surface area contributed by atoms with Crippen molar-refractivity contribution in [3.05, 3.63) is 0 Å². The van der Waals surface area contributed by atoms with Gasteiger partial charge in [-0.2, -0.15) is 0 Å². The van der Waals surface area contributed by atoms with Crippen LogP contribution in [0.15, 0.2) is 0 Å². The van der Waals surface area contributed by atoms with Crippen LogP contribution in [0.5, 0.6) is 0 Å². The maximum absolute atomic E-state index is 10.9. The van der Waals surface area contributed by atoms with E-state index in [9.17, 15) is 15.0 Å². The minimum absolute atomic E-state index is 0.266. The van der Waals surface area contributed by atoms with Crippen LogP contribution in [0.2, 0.25) is 0 Å². The molecule has 4 unspecified atom stereocenters. The van der Waals surface area contributed by atoms with Crippen LogP contribution >= 0.6 is 31.9 Å². The first kappa shape index (κ1) is 10.4. The zero-order chi connectivity index (χ0) is 9.30. The second-order valence-electron chi connectivity index (χ2n) is 2.52. The number of ether oxygens (including phenoxy) is 1. The Morgan fingerprint density at radius 2 is 2.25 bits per heavy atom. The Morgan fingerprint density at radius 1 is 1.67 bits per heavy atom. The fourth-order valence-corrected chi connectivity index (χ4v) is 1.75. The minimum atomic E-state index is -0.981. The average Bonchev–Trinajstić information content (AvgIpc) is 2.32. The Balaban J connectivity index is 2.64. The van der Waals surface area contributed by atoms with Gasteiger partial charge in [0.1, 0.15) is 17.0 Å². The highest BCUT2D eigenvalue weighted by Gasteiger charge is 2.45. The Bertz CT molecular complexity index is 186. The van der Waals surface area contributed by atoms with Crippen LogP contribution in [0.1, 0.15) is 0 Å². The lowest BCUT2D eigenvalue weighted by Gasteiger charge is -2.17. The predicted molar refractivity (Wildman–Crippen MR) is 48.4 cm³/mol. The number of alkyl halides is 2. The molecular formula is C6H8Br2O4. The number of halogens is 2. The molecule has 0 aromatic carbocycles. The first-order chi connectivity index (χ1) is 5.57. The van der Waals surface area contributed by atoms with E-state index in [4.69, 9.17) is 4.74 Å². The number of aliphatic hydroxyl groups excluding tert-OH is 2. The molecule has 1 saturated heterocycles. The highest BCUT2D eigenvalue weighted by Crippen LogP contribution is 2.24. The summed E-state index contributed by atoms with van der Waals surface area (Å²) in [6.07, 6.45) is -2.68. The predicted octanol–water partition coefficient (Wildman–Crippen LogP) is -0.208. The second-order valence-corrected chi connectivity index (χ2v) is 4.15. The van der Waals surface area contributed by atoms with Gasteiger partial charge in [0.2, 0.25) is 0 Å². The van der Waals surface area contributed by atoms with Crippen molar-refractivity contribution in [1.82, 2.24) is 0 Å². The average molecular weight is 304 g/mol. The van der Waals surface area contributed by atoms with Crippen LogP contribution < -0.4 is 0 Å². The molecule has 1 aliphatic rings. The van der Waals surface area contributed by atoms with Crippen LogP contribution in [-0.4, -0.2) is 44.7 Å². The van der Waals surface area contributed by atoms with Crippen molar-refractivity contribution in [2.75, 3.05) is 5.33 Å². The number of carbonyl (C=O) groups is 1. The fourth-order valence-electron chi connectivity index (χ4n) is 0.969. The standard InChI is InChI=1S/C6H8Br2O4/c7-1-2(9)5-4(10)3(8)6(11)12-5/h2-5,9-10H,1H2. The van der Waals surface area contributed by atoms with Gasteiger partial charge in [-0.05, 0) is 0 Å². The number of carbonyl (C=O) groups excluding carboxylic acids is 1. The molecule has 1 heterocycles. The third-order valence-electron chi connectivity index (χ3n) is 1.65. The molecule has 4 nitrogen and oxygen atoms in total. The van der Waals surface area contributed by atoms with Gasteiger partial charge in [0, 0.05) is 5.33 Å². The van der Waals surface area contributed by atoms with Gasteiger partial charge in [0.05, 0.1) is 0 Å². The first-order valence-corrected chi connectivity index (χ1v) is 5.38. The number of hydrogen-bond acceptors (Lipinski definition) is 4. The van der Waals surface area contributed by atoms with E-state index in [-0.39, 0.29) is 5.33 Å². The summed E-state index contributed by atoms with van der Waals surface area (Å²) in [5.41, 5.74) is 0. The van der Waals surface area contributed by atoms with Crippen molar-refractivity contribution in [3.8, 4) is 0 Å². The molecule has 0 aromatic rings. The molecule has 0 aromatic heterocycles. The van der Waals surface area contributed by atoms with Crippen LogP contribution in [0.4, 0.5) is 0 Å². The van der Waals surface area contributed by atoms with Gasteiger partial charge in [-0.25, -0.2) is 0 Å². The van der Waals surface area contributed by atoms with Crippen molar-refractivity contribution < 1.29 is 19.7 Å². The molecule has 12 heavy (non-hydrogen) atoms. The van der Waals surface area contributed by atoms with Gasteiger partial charge in [-0.1, -0.05) is 31.9 Å². The van der Waals surface area contributed by atoms with E-state index in [0.717, 1.165) is 0 Å². The number of esters is 1. The maximum Gasteiger partial charge on any atom is 0.323 e. The molecule has 0 spiro atoms. The molecule has 70 valence electrons. The third-order valence-corrected chi connectivity index (χ3v) is 3.23. The molecule has 0 bridgehead atoms. The molecule has 1 rings (SSSR count). The van der Waals surface area contributed by atoms with Gasteiger partial charge in [-0.3, -0.25) is 4.79 Å². The highest BCUT2D eigenvalue weighted by atomic mass is 79.9. The first-order valence-electron chi connectivity index (χ1n) is 3.34. The summed E-state index contributed by atoms with van der Waals surface area (Å²) >= 11 is 5.98. The van der Waals surface area contributed by atoms with Crippen LogP contribution in [0.25, 0.3) is 0 Å². The number of hydrogen-bond donors (Lipinski definition) is 2. The monoisotopic (exact) mass is 302 g/mol. The Hall–Kier alpha value is 0.350. The largest absolute Gasteiger partial charge is 0.456 e. The molecule has 0 saturated carbocycles. The van der Waals surface area contributed by atoms with Gasteiger partial charge >= 0.3 is 5.97 Å². The zero-order valence-electron chi connectivity index (χ0n) is 5.98. The topological polar surface area (TPSA) is 66.8 Å². The van der Waals surface area contributed by atoms with Crippen molar-refractivity contribution in [1.29, 1.82) is 0 Å². The van der Waals surface area contributed by atoms with Crippen molar-refractivity contribution in [3.63, 3.8) is 0 Å². The minimum Gasteiger partial charge on any atom is -0.456 e. The third kappa shape index (κ3) is 1.81. The summed E-state index contributed by atoms with van der Waals surface area (Å²) in [5, 5.41) is 18.9. The SMILES string of the molecule is O=C1OC(C(O)CBr)C(O)C1Br. The molecule has 1 fully saturated rings. The van der Waals surface area contributed by atoms with Crippen molar-refractivity contribution in [2.24, 2.45) is 0 Å². The summed E-state index contributed by atoms with van der Waals surface area (Å²) in [5.74, 6) is -0.535. The van der Waals surface area contributed by atoms with Crippen LogP contribution in [0.3, 0.4) is 0 Å². The van der Waals surface area contributed by atoms with Gasteiger partial charge < -0.3 is 14.9 Å². The number of rotatable bonds is 2. The van der Waals surface area contributed by atoms with Crippen molar-refractivity contribution >= 4 is 37.8 Å². The summed E-state index contributed by atoms with van der Waals surface area (Å²) in [6, 6.07) is 0. The lowest BCUT2D eigenvalue weighted by molar-refractivity contribution is -0.145. The fraction of sp³-hybridized carbons (Fsp3) is 0.833. The maximum atomic E-state index is 10.9. The molecule has 6 heteroatoms. The summed E-state index contributed by atoms with van der Waals surface area (Å²) in [4.78, 5) is 10.1. The van der Waals surface area contributed by atoms with Crippen LogP contribution in [0, 0.1) is 0 Å². The van der Waals surface area contributed by atoms with E-state index >= 15 is 0 Å². The molecule has 4 atom stereocenters. The lowest BCUT2D eigenvalue weighted by Crippen LogP contribution is -2.37. The molecule has 2 N–H and O–H groups in total. The zero-order valence-corrected chi connectivity index (χ0v) is 9.16. The normalized spacial score (nSPS) is 38.0. The molecule has 0 aliphatic carbocycles. The van der Waals surface area contributed by atoms with E-state index in [1.807, 2.05) is 0 Å². The van der Waals surface area contributed by atoms with E-state index in [2.05, 4.69) is 31.9 Å². The lowest BCUT2D eigenvalue weighted by atomic mass is 10.1. The summed E-state index contributed by atoms with van der Waals surface area (Å²) in [7, 11) is 0. The van der Waals surface area contributed by atoms with Gasteiger partial charge in [0.25, 0.3) is 0 Å². The van der Waals surface area contributed by atoms with E-state index in [0.29, 0.717) is 0 Å². The quantitative estimate of drug-likeness (QED) is 0.547. The summed E-state index contributed by atoms with van der Waals surface area (Å²) in [6.45, 7) is 0. The van der Waals surface area contributed by atoms with Gasteiger partial charge in [0.15, 0.2) is 6.10 Å². The van der Waals surface area contributed by atoms with Gasteiger partial charge in [-0.15, -0.1) is 0 Å². The number of aliphatic hydroxyl groups is 2. The molecule has 1 aliphatic heterocycles.